The predicted octanol–water partition coefficient (Wildman–Crippen LogP) is 3.99. The van der Waals surface area contributed by atoms with Crippen LogP contribution in [0.1, 0.15) is 26.3 Å². The van der Waals surface area contributed by atoms with E-state index in [1.54, 1.807) is 60.7 Å². The molecule has 2 rings (SSSR count). The lowest BCUT2D eigenvalue weighted by Gasteiger charge is -2.01. The molecule has 0 aliphatic heterocycles. The highest BCUT2D eigenvalue weighted by molar-refractivity contribution is 6.49. The van der Waals surface area contributed by atoms with Crippen LogP contribution < -0.4 is 0 Å². The number of rotatable bonds is 4. The fourth-order valence-corrected chi connectivity index (χ4v) is 1.62. The normalized spacial score (nSPS) is 9.22. The van der Waals surface area contributed by atoms with Crippen LogP contribution in [0.5, 0.6) is 0 Å². The summed E-state index contributed by atoms with van der Waals surface area (Å²) in [5, 5.41) is 0. The van der Waals surface area contributed by atoms with Crippen LogP contribution in [-0.4, -0.2) is 37.6 Å². The minimum Gasteiger partial charge on any atom is -0.312 e. The number of benzene rings is 2. The molecule has 0 bridgehead atoms. The zero-order valence-electron chi connectivity index (χ0n) is 13.7. The summed E-state index contributed by atoms with van der Waals surface area (Å²) >= 11 is 0. The fourth-order valence-electron chi connectivity index (χ4n) is 1.62. The van der Waals surface area contributed by atoms with Crippen LogP contribution in [0, 0.1) is 0 Å². The number of hydrogen-bond acceptors (Lipinski definition) is 3. The molecule has 0 saturated carbocycles. The van der Waals surface area contributed by atoms with E-state index in [2.05, 4.69) is 6.58 Å². The van der Waals surface area contributed by atoms with E-state index >= 15 is 0 Å². The molecule has 0 heterocycles. The largest absolute Gasteiger partial charge is 0.312 e. The summed E-state index contributed by atoms with van der Waals surface area (Å²) in [7, 11) is 6.00. The van der Waals surface area contributed by atoms with Crippen LogP contribution in [0.3, 0.4) is 0 Å². The molecule has 0 aliphatic carbocycles. The molecular weight excluding hydrogens is 310 g/mol. The van der Waals surface area contributed by atoms with Crippen molar-refractivity contribution < 1.29 is 9.59 Å². The standard InChI is InChI=1S/C16H12O2.C3H9N.ClH/c1-2-12-8-10-14(11-9-12)16(18)15(17)13-6-4-3-5-7-13;1-4(2)3;/h2-11H,1H2;1-3H3;1H. The Hall–Kier alpha value is -2.23. The average molecular weight is 332 g/mol. The van der Waals surface area contributed by atoms with Gasteiger partial charge in [0.05, 0.1) is 0 Å². The smallest absolute Gasteiger partial charge is 0.233 e. The van der Waals surface area contributed by atoms with Gasteiger partial charge in [0.15, 0.2) is 0 Å². The first-order valence-electron chi connectivity index (χ1n) is 6.93. The predicted molar refractivity (Wildman–Crippen MR) is 98.5 cm³/mol. The molecule has 2 aromatic rings. The van der Waals surface area contributed by atoms with Crippen LogP contribution in [0.2, 0.25) is 0 Å². The minimum atomic E-state index is -0.489. The lowest BCUT2D eigenvalue weighted by atomic mass is 10.0. The van der Waals surface area contributed by atoms with Gasteiger partial charge in [-0.05, 0) is 26.7 Å². The van der Waals surface area contributed by atoms with Gasteiger partial charge in [0, 0.05) is 11.1 Å². The quantitative estimate of drug-likeness (QED) is 0.628. The maximum Gasteiger partial charge on any atom is 0.233 e. The van der Waals surface area contributed by atoms with E-state index in [0.717, 1.165) is 5.56 Å². The second-order valence-electron chi connectivity index (χ2n) is 5.19. The van der Waals surface area contributed by atoms with E-state index in [1.165, 1.54) is 0 Å². The molecule has 0 fully saturated rings. The molecule has 0 aliphatic rings. The second kappa shape index (κ2) is 10.5. The van der Waals surface area contributed by atoms with Crippen molar-refractivity contribution in [2.24, 2.45) is 0 Å². The van der Waals surface area contributed by atoms with Gasteiger partial charge in [-0.3, -0.25) is 9.59 Å². The number of Topliss-reactive ketones (excluding diaryl/α,β-unsaturated/α-hetero) is 2. The average Bonchev–Trinajstić information content (AvgIpc) is 2.54. The Kier molecular flexibility index (Phi) is 9.47. The van der Waals surface area contributed by atoms with E-state index in [4.69, 9.17) is 0 Å². The van der Waals surface area contributed by atoms with Gasteiger partial charge in [-0.1, -0.05) is 67.3 Å². The number of carbonyl (C=O) groups excluding carboxylic acids is 2. The minimum absolute atomic E-state index is 0. The number of nitrogens with zero attached hydrogens (tertiary/aromatic N) is 1. The Morgan fingerprint density at radius 3 is 1.61 bits per heavy atom. The second-order valence-corrected chi connectivity index (χ2v) is 5.19. The van der Waals surface area contributed by atoms with Crippen molar-refractivity contribution in [3.63, 3.8) is 0 Å². The van der Waals surface area contributed by atoms with Gasteiger partial charge >= 0.3 is 0 Å². The molecule has 0 aromatic heterocycles. The van der Waals surface area contributed by atoms with Crippen molar-refractivity contribution in [3.8, 4) is 0 Å². The van der Waals surface area contributed by atoms with Crippen molar-refractivity contribution in [1.82, 2.24) is 4.90 Å². The van der Waals surface area contributed by atoms with Gasteiger partial charge in [-0.2, -0.15) is 0 Å². The Balaban J connectivity index is 0.000000871. The van der Waals surface area contributed by atoms with Crippen LogP contribution in [0.15, 0.2) is 61.2 Å². The fraction of sp³-hybridized carbons (Fsp3) is 0.158. The third-order valence-corrected chi connectivity index (χ3v) is 2.65. The van der Waals surface area contributed by atoms with Gasteiger partial charge in [0.2, 0.25) is 11.6 Å². The Morgan fingerprint density at radius 2 is 1.22 bits per heavy atom. The summed E-state index contributed by atoms with van der Waals surface area (Å²) in [6, 6.07) is 15.4. The molecule has 0 radical (unpaired) electrons. The van der Waals surface area contributed by atoms with E-state index in [1.807, 2.05) is 26.0 Å². The molecule has 122 valence electrons. The molecule has 0 unspecified atom stereocenters. The molecular formula is C19H22ClNO2. The lowest BCUT2D eigenvalue weighted by molar-refractivity contribution is 0.0817. The molecule has 0 atom stereocenters. The van der Waals surface area contributed by atoms with Crippen LogP contribution in [0.4, 0.5) is 0 Å². The van der Waals surface area contributed by atoms with Crippen molar-refractivity contribution in [2.45, 2.75) is 0 Å². The van der Waals surface area contributed by atoms with E-state index < -0.39 is 11.6 Å². The molecule has 0 spiro atoms. The summed E-state index contributed by atoms with van der Waals surface area (Å²) < 4.78 is 0. The summed E-state index contributed by atoms with van der Waals surface area (Å²) in [4.78, 5) is 25.9. The first-order valence-corrected chi connectivity index (χ1v) is 6.93. The van der Waals surface area contributed by atoms with Crippen LogP contribution in [0.25, 0.3) is 6.08 Å². The molecule has 0 amide bonds. The number of hydrogen-bond donors (Lipinski definition) is 0. The van der Waals surface area contributed by atoms with Gasteiger partial charge in [0.1, 0.15) is 0 Å². The third-order valence-electron chi connectivity index (χ3n) is 2.65. The number of carbonyl (C=O) groups is 2. The topological polar surface area (TPSA) is 37.4 Å². The zero-order chi connectivity index (χ0) is 16.5. The monoisotopic (exact) mass is 331 g/mol. The highest BCUT2D eigenvalue weighted by Gasteiger charge is 2.17. The summed E-state index contributed by atoms with van der Waals surface area (Å²) in [5.74, 6) is -0.973. The summed E-state index contributed by atoms with van der Waals surface area (Å²) in [5.41, 5.74) is 1.73. The highest BCUT2D eigenvalue weighted by Crippen LogP contribution is 2.10. The summed E-state index contributed by atoms with van der Waals surface area (Å²) in [6.07, 6.45) is 1.69. The van der Waals surface area contributed by atoms with Gasteiger partial charge < -0.3 is 4.90 Å². The maximum absolute atomic E-state index is 12.0. The van der Waals surface area contributed by atoms with Gasteiger partial charge in [0.25, 0.3) is 0 Å². The SMILES string of the molecule is C=Cc1ccc(C(=O)C(=O)c2ccccc2)cc1.CN(C)C.Cl. The van der Waals surface area contributed by atoms with E-state index in [0.29, 0.717) is 11.1 Å². The van der Waals surface area contributed by atoms with Crippen molar-refractivity contribution in [1.29, 1.82) is 0 Å². The molecule has 4 heteroatoms. The van der Waals surface area contributed by atoms with Crippen molar-refractivity contribution >= 4 is 30.0 Å². The first-order chi connectivity index (χ1) is 10.5. The van der Waals surface area contributed by atoms with Gasteiger partial charge in [-0.25, -0.2) is 0 Å². The molecule has 0 saturated heterocycles. The van der Waals surface area contributed by atoms with Gasteiger partial charge in [-0.15, -0.1) is 12.4 Å². The summed E-state index contributed by atoms with van der Waals surface area (Å²) in [6.45, 7) is 3.64. The molecule has 0 N–H and O–H groups in total. The third kappa shape index (κ3) is 7.04. The first kappa shape index (κ1) is 20.8. The Bertz CT molecular complexity index is 631. The van der Waals surface area contributed by atoms with Crippen LogP contribution in [-0.2, 0) is 0 Å². The maximum atomic E-state index is 12.0. The van der Waals surface area contributed by atoms with Crippen molar-refractivity contribution in [3.05, 3.63) is 77.9 Å². The molecule has 2 aromatic carbocycles. The number of halogens is 1. The molecule has 3 nitrogen and oxygen atoms in total. The molecule has 23 heavy (non-hydrogen) atoms. The Labute approximate surface area is 144 Å². The Morgan fingerprint density at radius 1 is 0.826 bits per heavy atom. The number of ketones is 2. The lowest BCUT2D eigenvalue weighted by Crippen LogP contribution is -2.14. The zero-order valence-corrected chi connectivity index (χ0v) is 14.5. The van der Waals surface area contributed by atoms with Crippen molar-refractivity contribution in [2.75, 3.05) is 21.1 Å². The van der Waals surface area contributed by atoms with Crippen LogP contribution >= 0.6 is 12.4 Å². The highest BCUT2D eigenvalue weighted by atomic mass is 35.5. The van der Waals surface area contributed by atoms with E-state index in [9.17, 15) is 9.59 Å². The van der Waals surface area contributed by atoms with E-state index in [-0.39, 0.29) is 12.4 Å².